The van der Waals surface area contributed by atoms with E-state index in [1.807, 2.05) is 50.2 Å². The van der Waals surface area contributed by atoms with Crippen LogP contribution in [0.1, 0.15) is 197 Å². The van der Waals surface area contributed by atoms with Crippen LogP contribution < -0.4 is 0 Å². The summed E-state index contributed by atoms with van der Waals surface area (Å²) in [6.07, 6.45) is 7.67. The zero-order valence-corrected chi connectivity index (χ0v) is 45.0. The van der Waals surface area contributed by atoms with Gasteiger partial charge in [0.05, 0.1) is 71.9 Å². The molecule has 0 heterocycles. The molecule has 75 heavy (non-hydrogen) atoms. The fraction of sp³-hybridized carbons (Fsp3) is 0.391. The van der Waals surface area contributed by atoms with E-state index >= 15 is 0 Å². The molecule has 0 bridgehead atoms. The van der Waals surface area contributed by atoms with Gasteiger partial charge in [0.25, 0.3) is 0 Å². The molecule has 6 heteroatoms. The Morgan fingerprint density at radius 3 is 1.33 bits per heavy atom. The number of nitrogens with zero attached hydrogens (tertiary/aromatic N) is 6. The van der Waals surface area contributed by atoms with Gasteiger partial charge in [-0.25, -0.2) is 0 Å². The molecule has 6 aromatic carbocycles. The SMILES string of the molecule is CC(C#N)C1(C)CCC(C#N)c2ccccc21.CC(C#N)C1CCC(C#N)c2ccccc21.CC(C)(c1ccccc1)C1(C)CCC(C#N)c2ccccc21.CC(c1ccccc1)C1CCC(C#N)c2ccccc21. The molecule has 0 fully saturated rings. The van der Waals surface area contributed by atoms with Gasteiger partial charge in [0, 0.05) is 10.8 Å². The van der Waals surface area contributed by atoms with Crippen molar-refractivity contribution in [2.24, 2.45) is 11.8 Å². The summed E-state index contributed by atoms with van der Waals surface area (Å²) in [6.45, 7) is 15.4. The van der Waals surface area contributed by atoms with Crippen molar-refractivity contribution < 1.29 is 0 Å². The van der Waals surface area contributed by atoms with Gasteiger partial charge in [0.2, 0.25) is 0 Å². The van der Waals surface area contributed by atoms with Crippen molar-refractivity contribution in [3.8, 4) is 36.4 Å². The average Bonchev–Trinajstić information content (AvgIpc) is 3.47. The molecule has 0 saturated heterocycles. The Hall–Kier alpha value is -7.74. The van der Waals surface area contributed by atoms with Gasteiger partial charge < -0.3 is 0 Å². The molecular weight excluding hydrogens is 913 g/mol. The van der Waals surface area contributed by atoms with E-state index < -0.39 is 0 Å². The third-order valence-corrected chi connectivity index (χ3v) is 18.2. The summed E-state index contributed by atoms with van der Waals surface area (Å²) in [5, 5.41) is 55.3. The van der Waals surface area contributed by atoms with E-state index in [9.17, 15) is 21.0 Å². The molecule has 10 rings (SSSR count). The van der Waals surface area contributed by atoms with Crippen molar-refractivity contribution in [3.63, 3.8) is 0 Å². The fourth-order valence-corrected chi connectivity index (χ4v) is 12.8. The maximum Gasteiger partial charge on any atom is 0.0715 e. The number of hydrogen-bond donors (Lipinski definition) is 0. The van der Waals surface area contributed by atoms with Crippen molar-refractivity contribution in [2.45, 2.75) is 158 Å². The van der Waals surface area contributed by atoms with Crippen LogP contribution in [0.5, 0.6) is 0 Å². The molecule has 4 aliphatic rings. The van der Waals surface area contributed by atoms with Crippen LogP contribution in [0.25, 0.3) is 0 Å². The zero-order chi connectivity index (χ0) is 53.8. The quantitative estimate of drug-likeness (QED) is 0.163. The first-order valence-corrected chi connectivity index (χ1v) is 27.1. The molecule has 0 amide bonds. The molecule has 0 aliphatic heterocycles. The molecule has 11 unspecified atom stereocenters. The predicted octanol–water partition coefficient (Wildman–Crippen LogP) is 17.1. The lowest BCUT2D eigenvalue weighted by Gasteiger charge is -2.49. The Balaban J connectivity index is 0.000000147. The van der Waals surface area contributed by atoms with E-state index in [0.717, 1.165) is 62.5 Å². The van der Waals surface area contributed by atoms with Crippen LogP contribution in [0.3, 0.4) is 0 Å². The first-order chi connectivity index (χ1) is 36.2. The number of fused-ring (bicyclic) bond motifs is 4. The molecule has 6 aromatic rings. The number of rotatable bonds is 6. The topological polar surface area (TPSA) is 143 Å². The lowest BCUT2D eigenvalue weighted by molar-refractivity contribution is 0.234. The minimum absolute atomic E-state index is 0.00910. The zero-order valence-electron chi connectivity index (χ0n) is 45.0. The highest BCUT2D eigenvalue weighted by atomic mass is 14.5. The third-order valence-electron chi connectivity index (χ3n) is 18.2. The Morgan fingerprint density at radius 1 is 0.427 bits per heavy atom. The highest BCUT2D eigenvalue weighted by Crippen LogP contribution is 2.53. The molecule has 4 aliphatic carbocycles. The lowest BCUT2D eigenvalue weighted by Crippen LogP contribution is -2.45. The summed E-state index contributed by atoms with van der Waals surface area (Å²) >= 11 is 0. The maximum absolute atomic E-state index is 9.48. The summed E-state index contributed by atoms with van der Waals surface area (Å²) < 4.78 is 0. The van der Waals surface area contributed by atoms with Crippen LogP contribution in [0.2, 0.25) is 0 Å². The van der Waals surface area contributed by atoms with Crippen molar-refractivity contribution in [1.29, 1.82) is 31.6 Å². The second-order valence-electron chi connectivity index (χ2n) is 22.3. The summed E-state index contributed by atoms with van der Waals surface area (Å²) in [7, 11) is 0. The van der Waals surface area contributed by atoms with E-state index in [1.54, 1.807) is 0 Å². The monoisotopic (exact) mass is 985 g/mol. The van der Waals surface area contributed by atoms with Gasteiger partial charge in [-0.1, -0.05) is 192 Å². The Morgan fingerprint density at radius 2 is 0.827 bits per heavy atom. The van der Waals surface area contributed by atoms with E-state index in [0.29, 0.717) is 17.8 Å². The standard InChI is InChI=1S/C21H23N.C19H19N.C15H16N2.C14H14N2/c1-20(2,17-9-5-4-6-10-17)21(3)14-13-16(15-22)18-11-7-8-12-19(18)21;1-14(15-7-3-2-4-8-15)17-12-11-16(13-20)18-9-5-6-10-19(17)18;1-11(9-16)15(2)8-7-12(10-17)13-5-3-4-6-14(13)15;1-10(8-15)12-7-6-11(9-16)13-4-2-3-5-14(12)13/h4-12,16H,13-14H2,1-3H3;2-10,14,16-17H,11-12H2,1H3;3-6,11-12H,7-8H2,1-2H3;2-5,10-12H,6-7H2,1H3. The highest BCUT2D eigenvalue weighted by molar-refractivity contribution is 5.48. The molecule has 378 valence electrons. The van der Waals surface area contributed by atoms with Crippen LogP contribution in [-0.4, -0.2) is 0 Å². The lowest BCUT2D eigenvalue weighted by atomic mass is 9.54. The van der Waals surface area contributed by atoms with E-state index in [4.69, 9.17) is 10.5 Å². The molecule has 0 spiro atoms. The number of nitriles is 6. The summed E-state index contributed by atoms with van der Waals surface area (Å²) in [5.41, 5.74) is 12.5. The Labute approximate surface area is 448 Å². The summed E-state index contributed by atoms with van der Waals surface area (Å²) in [4.78, 5) is 0. The maximum atomic E-state index is 9.48. The first kappa shape index (κ1) is 55.0. The smallest absolute Gasteiger partial charge is 0.0715 e. The van der Waals surface area contributed by atoms with Gasteiger partial charge in [0.15, 0.2) is 0 Å². The van der Waals surface area contributed by atoms with Crippen LogP contribution in [-0.2, 0) is 16.2 Å². The second kappa shape index (κ2) is 24.5. The molecule has 0 radical (unpaired) electrons. The molecule has 0 aromatic heterocycles. The minimum atomic E-state index is -0.112. The molecule has 0 saturated carbocycles. The van der Waals surface area contributed by atoms with Crippen molar-refractivity contribution in [2.75, 3.05) is 0 Å². The van der Waals surface area contributed by atoms with Gasteiger partial charge in [-0.15, -0.1) is 0 Å². The number of benzene rings is 6. The van der Waals surface area contributed by atoms with Crippen LogP contribution in [0.15, 0.2) is 158 Å². The van der Waals surface area contributed by atoms with Crippen LogP contribution >= 0.6 is 0 Å². The highest BCUT2D eigenvalue weighted by Gasteiger charge is 2.47. The Bertz CT molecular complexity index is 3150. The van der Waals surface area contributed by atoms with Crippen molar-refractivity contribution >= 4 is 0 Å². The van der Waals surface area contributed by atoms with E-state index in [-0.39, 0.29) is 51.8 Å². The fourth-order valence-electron chi connectivity index (χ4n) is 12.8. The number of hydrogen-bond acceptors (Lipinski definition) is 6. The van der Waals surface area contributed by atoms with Crippen molar-refractivity contribution in [3.05, 3.63) is 213 Å². The second-order valence-corrected chi connectivity index (χ2v) is 22.3. The first-order valence-electron chi connectivity index (χ1n) is 27.1. The van der Waals surface area contributed by atoms with E-state index in [2.05, 4.69) is 192 Å². The summed E-state index contributed by atoms with van der Waals surface area (Å²) in [5.74, 6) is 1.44. The van der Waals surface area contributed by atoms with Gasteiger partial charge in [0.1, 0.15) is 0 Å². The largest absolute Gasteiger partial charge is 0.198 e. The van der Waals surface area contributed by atoms with Gasteiger partial charge in [-0.05, 0) is 144 Å². The third kappa shape index (κ3) is 11.4. The predicted molar refractivity (Wildman–Crippen MR) is 300 cm³/mol. The van der Waals surface area contributed by atoms with E-state index in [1.165, 1.54) is 44.5 Å². The minimum Gasteiger partial charge on any atom is -0.198 e. The van der Waals surface area contributed by atoms with Crippen LogP contribution in [0.4, 0.5) is 0 Å². The molecule has 0 N–H and O–H groups in total. The average molecular weight is 985 g/mol. The molecule has 6 nitrogen and oxygen atoms in total. The van der Waals surface area contributed by atoms with Crippen molar-refractivity contribution in [1.82, 2.24) is 0 Å². The van der Waals surface area contributed by atoms with Gasteiger partial charge in [-0.2, -0.15) is 31.6 Å². The summed E-state index contributed by atoms with van der Waals surface area (Å²) in [6, 6.07) is 69.0. The van der Waals surface area contributed by atoms with Crippen LogP contribution in [0, 0.1) is 79.8 Å². The normalized spacial score (nSPS) is 25.0. The Kier molecular flexibility index (Phi) is 18.0. The molecule has 11 atom stereocenters. The van der Waals surface area contributed by atoms with Gasteiger partial charge >= 0.3 is 0 Å². The van der Waals surface area contributed by atoms with Gasteiger partial charge in [-0.3, -0.25) is 0 Å². The molecular formula is C69H72N6.